The highest BCUT2D eigenvalue weighted by atomic mass is 32.2. The molecule has 1 aromatic rings. The van der Waals surface area contributed by atoms with Gasteiger partial charge < -0.3 is 5.32 Å². The van der Waals surface area contributed by atoms with Gasteiger partial charge in [-0.25, -0.2) is 8.78 Å². The SMILES string of the molecule is O=C(NC1CCSc2ccccc21)C1CC(F)(F)CN1. The Labute approximate surface area is 120 Å². The maximum atomic E-state index is 13.1. The third-order valence-corrected chi connectivity index (χ3v) is 4.82. The van der Waals surface area contributed by atoms with Crippen molar-refractivity contribution in [3.63, 3.8) is 0 Å². The van der Waals surface area contributed by atoms with Gasteiger partial charge in [-0.1, -0.05) is 18.2 Å². The van der Waals surface area contributed by atoms with Crippen LogP contribution in [0, 0.1) is 0 Å². The van der Waals surface area contributed by atoms with E-state index in [2.05, 4.69) is 10.6 Å². The van der Waals surface area contributed by atoms with E-state index in [1.807, 2.05) is 24.3 Å². The van der Waals surface area contributed by atoms with Crippen molar-refractivity contribution in [2.75, 3.05) is 12.3 Å². The molecule has 20 heavy (non-hydrogen) atoms. The maximum absolute atomic E-state index is 13.1. The number of hydrogen-bond acceptors (Lipinski definition) is 3. The first kappa shape index (κ1) is 13.8. The number of hydrogen-bond donors (Lipinski definition) is 2. The monoisotopic (exact) mass is 298 g/mol. The summed E-state index contributed by atoms with van der Waals surface area (Å²) in [5.74, 6) is -2.17. The van der Waals surface area contributed by atoms with Crippen LogP contribution in [0.4, 0.5) is 8.78 Å². The Kier molecular flexibility index (Phi) is 3.69. The lowest BCUT2D eigenvalue weighted by molar-refractivity contribution is -0.124. The third kappa shape index (κ3) is 2.81. The van der Waals surface area contributed by atoms with Gasteiger partial charge >= 0.3 is 0 Å². The first-order valence-electron chi connectivity index (χ1n) is 6.68. The maximum Gasteiger partial charge on any atom is 0.262 e. The molecular formula is C14H16F2N2OS. The van der Waals surface area contributed by atoms with Gasteiger partial charge in [0.2, 0.25) is 5.91 Å². The Bertz CT molecular complexity index is 524. The van der Waals surface area contributed by atoms with Gasteiger partial charge in [-0.2, -0.15) is 0 Å². The number of carbonyl (C=O) groups excluding carboxylic acids is 1. The molecule has 3 nitrogen and oxygen atoms in total. The van der Waals surface area contributed by atoms with Crippen molar-refractivity contribution in [2.24, 2.45) is 0 Å². The molecule has 1 saturated heterocycles. The average Bonchev–Trinajstić information content (AvgIpc) is 2.80. The zero-order valence-corrected chi connectivity index (χ0v) is 11.7. The Morgan fingerprint density at radius 1 is 1.40 bits per heavy atom. The van der Waals surface area contributed by atoms with Gasteiger partial charge in [0.05, 0.1) is 18.6 Å². The van der Waals surface area contributed by atoms with E-state index in [0.717, 1.165) is 22.6 Å². The molecule has 0 bridgehead atoms. The number of rotatable bonds is 2. The van der Waals surface area contributed by atoms with E-state index in [1.54, 1.807) is 11.8 Å². The van der Waals surface area contributed by atoms with Crippen molar-refractivity contribution in [1.82, 2.24) is 10.6 Å². The van der Waals surface area contributed by atoms with Crippen molar-refractivity contribution in [2.45, 2.75) is 35.7 Å². The quantitative estimate of drug-likeness (QED) is 0.880. The normalized spacial score (nSPS) is 27.9. The fraction of sp³-hybridized carbons (Fsp3) is 0.500. The molecule has 0 aromatic heterocycles. The molecule has 0 saturated carbocycles. The molecular weight excluding hydrogens is 282 g/mol. The van der Waals surface area contributed by atoms with Crippen LogP contribution in [-0.4, -0.2) is 30.2 Å². The van der Waals surface area contributed by atoms with Crippen LogP contribution in [0.15, 0.2) is 29.2 Å². The van der Waals surface area contributed by atoms with Gasteiger partial charge in [-0.15, -0.1) is 11.8 Å². The van der Waals surface area contributed by atoms with Crippen molar-refractivity contribution in [1.29, 1.82) is 0 Å². The Balaban J connectivity index is 1.69. The van der Waals surface area contributed by atoms with Gasteiger partial charge in [0, 0.05) is 17.1 Å². The van der Waals surface area contributed by atoms with E-state index in [0.29, 0.717) is 0 Å². The van der Waals surface area contributed by atoms with Gasteiger partial charge in [0.1, 0.15) is 0 Å². The van der Waals surface area contributed by atoms with Crippen LogP contribution in [0.1, 0.15) is 24.4 Å². The Morgan fingerprint density at radius 3 is 2.95 bits per heavy atom. The molecule has 1 fully saturated rings. The summed E-state index contributed by atoms with van der Waals surface area (Å²) in [7, 11) is 0. The van der Waals surface area contributed by atoms with E-state index in [4.69, 9.17) is 0 Å². The molecule has 0 radical (unpaired) electrons. The lowest BCUT2D eigenvalue weighted by Gasteiger charge is -2.27. The van der Waals surface area contributed by atoms with Crippen LogP contribution < -0.4 is 10.6 Å². The summed E-state index contributed by atoms with van der Waals surface area (Å²) in [6.07, 6.45) is 0.415. The molecule has 2 N–H and O–H groups in total. The van der Waals surface area contributed by atoms with Crippen LogP contribution in [0.25, 0.3) is 0 Å². The highest BCUT2D eigenvalue weighted by molar-refractivity contribution is 7.99. The van der Waals surface area contributed by atoms with E-state index < -0.39 is 24.9 Å². The predicted octanol–water partition coefficient (Wildman–Crippen LogP) is 2.34. The van der Waals surface area contributed by atoms with E-state index >= 15 is 0 Å². The second kappa shape index (κ2) is 5.33. The molecule has 0 spiro atoms. The Morgan fingerprint density at radius 2 is 2.20 bits per heavy atom. The molecule has 2 heterocycles. The summed E-state index contributed by atoms with van der Waals surface area (Å²) in [6.45, 7) is -0.414. The summed E-state index contributed by atoms with van der Waals surface area (Å²) < 4.78 is 26.3. The third-order valence-electron chi connectivity index (χ3n) is 3.70. The molecule has 1 amide bonds. The minimum absolute atomic E-state index is 0.0732. The van der Waals surface area contributed by atoms with Crippen LogP contribution in [0.3, 0.4) is 0 Å². The minimum atomic E-state index is -2.78. The summed E-state index contributed by atoms with van der Waals surface area (Å²) in [4.78, 5) is 13.3. The summed E-state index contributed by atoms with van der Waals surface area (Å²) in [5.41, 5.74) is 1.09. The smallest absolute Gasteiger partial charge is 0.262 e. The van der Waals surface area contributed by atoms with Crippen LogP contribution in [0.5, 0.6) is 0 Å². The first-order chi connectivity index (χ1) is 9.55. The van der Waals surface area contributed by atoms with Gasteiger partial charge in [0.25, 0.3) is 5.92 Å². The van der Waals surface area contributed by atoms with Gasteiger partial charge in [-0.05, 0) is 18.1 Å². The van der Waals surface area contributed by atoms with Crippen molar-refractivity contribution >= 4 is 17.7 Å². The molecule has 2 unspecified atom stereocenters. The highest BCUT2D eigenvalue weighted by Gasteiger charge is 2.42. The van der Waals surface area contributed by atoms with E-state index in [9.17, 15) is 13.6 Å². The lowest BCUT2D eigenvalue weighted by Crippen LogP contribution is -2.42. The number of alkyl halides is 2. The molecule has 2 aliphatic rings. The van der Waals surface area contributed by atoms with Crippen molar-refractivity contribution in [3.8, 4) is 0 Å². The molecule has 6 heteroatoms. The predicted molar refractivity (Wildman–Crippen MR) is 74.0 cm³/mol. The topological polar surface area (TPSA) is 41.1 Å². The number of thioether (sulfide) groups is 1. The second-order valence-electron chi connectivity index (χ2n) is 5.23. The Hall–Kier alpha value is -1.14. The van der Waals surface area contributed by atoms with Gasteiger partial charge in [0.15, 0.2) is 0 Å². The highest BCUT2D eigenvalue weighted by Crippen LogP contribution is 2.36. The standard InChI is InChI=1S/C14H16F2N2OS/c15-14(16)7-11(17-8-14)13(19)18-10-5-6-20-12-4-2-1-3-9(10)12/h1-4,10-11,17H,5-8H2,(H,18,19). The fourth-order valence-corrected chi connectivity index (χ4v) is 3.79. The summed E-state index contributed by atoms with van der Waals surface area (Å²) >= 11 is 1.76. The van der Waals surface area contributed by atoms with Gasteiger partial charge in [-0.3, -0.25) is 10.1 Å². The van der Waals surface area contributed by atoms with Crippen molar-refractivity contribution < 1.29 is 13.6 Å². The minimum Gasteiger partial charge on any atom is -0.348 e. The average molecular weight is 298 g/mol. The summed E-state index contributed by atoms with van der Waals surface area (Å²) in [5, 5.41) is 5.50. The zero-order chi connectivity index (χ0) is 14.2. The second-order valence-corrected chi connectivity index (χ2v) is 6.37. The summed E-state index contributed by atoms with van der Waals surface area (Å²) in [6, 6.07) is 7.06. The molecule has 108 valence electrons. The van der Waals surface area contributed by atoms with E-state index in [1.165, 1.54) is 0 Å². The van der Waals surface area contributed by atoms with Crippen LogP contribution in [0.2, 0.25) is 0 Å². The number of carbonyl (C=O) groups is 1. The molecule has 3 rings (SSSR count). The van der Waals surface area contributed by atoms with E-state index in [-0.39, 0.29) is 11.9 Å². The zero-order valence-electron chi connectivity index (χ0n) is 10.9. The molecule has 2 aliphatic heterocycles. The van der Waals surface area contributed by atoms with Crippen molar-refractivity contribution in [3.05, 3.63) is 29.8 Å². The first-order valence-corrected chi connectivity index (χ1v) is 7.67. The lowest BCUT2D eigenvalue weighted by atomic mass is 10.0. The number of halogens is 2. The van der Waals surface area contributed by atoms with Crippen LogP contribution >= 0.6 is 11.8 Å². The molecule has 2 atom stereocenters. The fourth-order valence-electron chi connectivity index (χ4n) is 2.67. The van der Waals surface area contributed by atoms with Crippen LogP contribution in [-0.2, 0) is 4.79 Å². The number of amides is 1. The molecule has 1 aromatic carbocycles. The molecule has 0 aliphatic carbocycles. The number of benzene rings is 1. The number of nitrogens with one attached hydrogen (secondary N) is 2. The largest absolute Gasteiger partial charge is 0.348 e. The number of fused-ring (bicyclic) bond motifs is 1.